The maximum absolute atomic E-state index is 11.6. The molecule has 0 radical (unpaired) electrons. The van der Waals surface area contributed by atoms with E-state index in [2.05, 4.69) is 4.98 Å². The van der Waals surface area contributed by atoms with Crippen LogP contribution in [0.4, 0.5) is 0 Å². The zero-order valence-corrected chi connectivity index (χ0v) is 10.0. The number of thiazole rings is 1. The van der Waals surface area contributed by atoms with Crippen LogP contribution in [-0.2, 0) is 11.3 Å². The Morgan fingerprint density at radius 2 is 2.00 bits per heavy atom. The Hall–Kier alpha value is -2.21. The third-order valence-electron chi connectivity index (χ3n) is 2.10. The fourth-order valence-corrected chi connectivity index (χ4v) is 1.93. The first-order chi connectivity index (χ1) is 8.66. The second-order valence-corrected chi connectivity index (χ2v) is 4.48. The lowest BCUT2D eigenvalue weighted by Crippen LogP contribution is -2.04. The van der Waals surface area contributed by atoms with Gasteiger partial charge in [-0.25, -0.2) is 14.6 Å². The monoisotopic (exact) mass is 263 g/mol. The smallest absolute Gasteiger partial charge is 0.347 e. The number of aromatic carboxylic acids is 1. The SMILES string of the molecule is O=C(OCc1ncc(C(=O)O)s1)c1ccccc1. The standard InChI is InChI=1S/C12H9NO4S/c14-11(15)9-6-13-10(18-9)7-17-12(16)8-4-2-1-3-5-8/h1-6H,7H2,(H,14,15). The quantitative estimate of drug-likeness (QED) is 0.856. The molecule has 2 rings (SSSR count). The molecule has 0 amide bonds. The molecule has 1 heterocycles. The van der Waals surface area contributed by atoms with Gasteiger partial charge in [0.25, 0.3) is 0 Å². The number of esters is 1. The Labute approximate surface area is 107 Å². The topological polar surface area (TPSA) is 76.5 Å². The molecule has 0 fully saturated rings. The van der Waals surface area contributed by atoms with Gasteiger partial charge in [-0.15, -0.1) is 11.3 Å². The molecule has 1 aromatic heterocycles. The Morgan fingerprint density at radius 3 is 2.61 bits per heavy atom. The number of hydrogen-bond donors (Lipinski definition) is 1. The van der Waals surface area contributed by atoms with Crippen molar-refractivity contribution in [3.8, 4) is 0 Å². The summed E-state index contributed by atoms with van der Waals surface area (Å²) in [7, 11) is 0. The van der Waals surface area contributed by atoms with Crippen LogP contribution in [-0.4, -0.2) is 22.0 Å². The fourth-order valence-electron chi connectivity index (χ4n) is 1.26. The van der Waals surface area contributed by atoms with E-state index in [1.54, 1.807) is 30.3 Å². The van der Waals surface area contributed by atoms with Crippen LogP contribution < -0.4 is 0 Å². The lowest BCUT2D eigenvalue weighted by molar-refractivity contribution is 0.0472. The van der Waals surface area contributed by atoms with Crippen LogP contribution in [0.3, 0.4) is 0 Å². The number of rotatable bonds is 4. The van der Waals surface area contributed by atoms with E-state index in [-0.39, 0.29) is 11.5 Å². The van der Waals surface area contributed by atoms with E-state index in [4.69, 9.17) is 9.84 Å². The highest BCUT2D eigenvalue weighted by molar-refractivity contribution is 7.13. The summed E-state index contributed by atoms with van der Waals surface area (Å²) in [4.78, 5) is 26.2. The molecule has 1 N–H and O–H groups in total. The Bertz CT molecular complexity index is 564. The molecule has 0 aliphatic heterocycles. The van der Waals surface area contributed by atoms with Crippen LogP contribution in [0, 0.1) is 0 Å². The van der Waals surface area contributed by atoms with E-state index in [0.29, 0.717) is 10.6 Å². The van der Waals surface area contributed by atoms with Crippen LogP contribution in [0.15, 0.2) is 36.5 Å². The van der Waals surface area contributed by atoms with Crippen molar-refractivity contribution in [3.05, 3.63) is 52.0 Å². The molecule has 0 atom stereocenters. The third kappa shape index (κ3) is 2.92. The van der Waals surface area contributed by atoms with E-state index in [1.807, 2.05) is 0 Å². The predicted octanol–water partition coefficient (Wildman–Crippen LogP) is 2.20. The molecule has 6 heteroatoms. The number of carbonyl (C=O) groups excluding carboxylic acids is 1. The zero-order chi connectivity index (χ0) is 13.0. The number of hydrogen-bond acceptors (Lipinski definition) is 5. The van der Waals surface area contributed by atoms with Gasteiger partial charge in [0.2, 0.25) is 0 Å². The van der Waals surface area contributed by atoms with Crippen molar-refractivity contribution in [1.82, 2.24) is 4.98 Å². The van der Waals surface area contributed by atoms with Gasteiger partial charge in [0.15, 0.2) is 0 Å². The van der Waals surface area contributed by atoms with Crippen LogP contribution in [0.5, 0.6) is 0 Å². The van der Waals surface area contributed by atoms with Gasteiger partial charge in [-0.2, -0.15) is 0 Å². The summed E-state index contributed by atoms with van der Waals surface area (Å²) in [5.41, 5.74) is 0.451. The number of nitrogens with zero attached hydrogens (tertiary/aromatic N) is 1. The Kier molecular flexibility index (Phi) is 3.69. The molecular weight excluding hydrogens is 254 g/mol. The summed E-state index contributed by atoms with van der Waals surface area (Å²) in [6, 6.07) is 8.57. The van der Waals surface area contributed by atoms with Crippen LogP contribution in [0.25, 0.3) is 0 Å². The maximum Gasteiger partial charge on any atom is 0.347 e. The van der Waals surface area contributed by atoms with E-state index in [0.717, 1.165) is 11.3 Å². The lowest BCUT2D eigenvalue weighted by Gasteiger charge is -2.01. The van der Waals surface area contributed by atoms with Crippen molar-refractivity contribution in [1.29, 1.82) is 0 Å². The van der Waals surface area contributed by atoms with Gasteiger partial charge < -0.3 is 9.84 Å². The molecule has 0 spiro atoms. The third-order valence-corrected chi connectivity index (χ3v) is 3.06. The molecule has 0 aliphatic rings. The number of carboxylic acids is 1. The van der Waals surface area contributed by atoms with E-state index in [9.17, 15) is 9.59 Å². The van der Waals surface area contributed by atoms with Crippen LogP contribution >= 0.6 is 11.3 Å². The van der Waals surface area contributed by atoms with Crippen molar-refractivity contribution >= 4 is 23.3 Å². The number of carbonyl (C=O) groups is 2. The molecule has 0 saturated carbocycles. The average molecular weight is 263 g/mol. The second-order valence-electron chi connectivity index (χ2n) is 3.37. The lowest BCUT2D eigenvalue weighted by atomic mass is 10.2. The molecule has 2 aromatic rings. The van der Waals surface area contributed by atoms with Gasteiger partial charge in [0.1, 0.15) is 16.5 Å². The Balaban J connectivity index is 1.95. The predicted molar refractivity (Wildman–Crippen MR) is 64.6 cm³/mol. The summed E-state index contributed by atoms with van der Waals surface area (Å²) < 4.78 is 5.02. The summed E-state index contributed by atoms with van der Waals surface area (Å²) in [5, 5.41) is 9.17. The van der Waals surface area contributed by atoms with Crippen molar-refractivity contribution in [3.63, 3.8) is 0 Å². The number of carboxylic acid groups (broad SMARTS) is 1. The van der Waals surface area contributed by atoms with Crippen molar-refractivity contribution in [2.24, 2.45) is 0 Å². The summed E-state index contributed by atoms with van der Waals surface area (Å²) in [6.45, 7) is -0.0221. The van der Waals surface area contributed by atoms with Gasteiger partial charge in [-0.1, -0.05) is 18.2 Å². The zero-order valence-electron chi connectivity index (χ0n) is 9.20. The highest BCUT2D eigenvalue weighted by Crippen LogP contribution is 2.14. The molecular formula is C12H9NO4S. The first-order valence-corrected chi connectivity index (χ1v) is 5.88. The largest absolute Gasteiger partial charge is 0.477 e. The number of ether oxygens (including phenoxy) is 1. The number of aromatic nitrogens is 1. The van der Waals surface area contributed by atoms with E-state index < -0.39 is 11.9 Å². The van der Waals surface area contributed by atoms with Gasteiger partial charge in [-0.05, 0) is 12.1 Å². The van der Waals surface area contributed by atoms with Gasteiger partial charge >= 0.3 is 11.9 Å². The van der Waals surface area contributed by atoms with E-state index in [1.165, 1.54) is 6.20 Å². The van der Waals surface area contributed by atoms with Crippen LogP contribution in [0.1, 0.15) is 25.0 Å². The molecule has 1 aromatic carbocycles. The molecule has 0 saturated heterocycles. The minimum Gasteiger partial charge on any atom is -0.477 e. The first-order valence-electron chi connectivity index (χ1n) is 5.07. The highest BCUT2D eigenvalue weighted by atomic mass is 32.1. The molecule has 0 unspecified atom stereocenters. The summed E-state index contributed by atoms with van der Waals surface area (Å²) >= 11 is 0.990. The minimum absolute atomic E-state index is 0.0221. The minimum atomic E-state index is -1.03. The van der Waals surface area contributed by atoms with E-state index >= 15 is 0 Å². The van der Waals surface area contributed by atoms with Crippen molar-refractivity contribution < 1.29 is 19.4 Å². The molecule has 0 bridgehead atoms. The van der Waals surface area contributed by atoms with Crippen molar-refractivity contribution in [2.75, 3.05) is 0 Å². The molecule has 0 aliphatic carbocycles. The molecule has 5 nitrogen and oxygen atoms in total. The normalized spacial score (nSPS) is 10.0. The van der Waals surface area contributed by atoms with Crippen molar-refractivity contribution in [2.45, 2.75) is 6.61 Å². The first kappa shape index (κ1) is 12.3. The van der Waals surface area contributed by atoms with Gasteiger partial charge in [-0.3, -0.25) is 0 Å². The summed E-state index contributed by atoms with van der Waals surface area (Å²) in [6.07, 6.45) is 1.25. The molecule has 18 heavy (non-hydrogen) atoms. The maximum atomic E-state index is 11.6. The number of benzene rings is 1. The fraction of sp³-hybridized carbons (Fsp3) is 0.0833. The Morgan fingerprint density at radius 1 is 1.28 bits per heavy atom. The van der Waals surface area contributed by atoms with Crippen LogP contribution in [0.2, 0.25) is 0 Å². The second kappa shape index (κ2) is 5.42. The molecule has 92 valence electrons. The summed E-state index contributed by atoms with van der Waals surface area (Å²) in [5.74, 6) is -1.49. The van der Waals surface area contributed by atoms with Gasteiger partial charge in [0, 0.05) is 0 Å². The van der Waals surface area contributed by atoms with Gasteiger partial charge in [0.05, 0.1) is 11.8 Å². The average Bonchev–Trinajstić information content (AvgIpc) is 2.86. The highest BCUT2D eigenvalue weighted by Gasteiger charge is 2.11.